The second-order valence-corrected chi connectivity index (χ2v) is 4.97. The molecule has 0 aliphatic carbocycles. The lowest BCUT2D eigenvalue weighted by atomic mass is 10.0. The lowest BCUT2D eigenvalue weighted by Gasteiger charge is -2.21. The number of thiazole rings is 1. The zero-order valence-electron chi connectivity index (χ0n) is 10.3. The van der Waals surface area contributed by atoms with E-state index < -0.39 is 0 Å². The largest absolute Gasteiger partial charge is 0.377 e. The third-order valence-corrected chi connectivity index (χ3v) is 3.62. The molecule has 4 nitrogen and oxygen atoms in total. The Kier molecular flexibility index (Phi) is 4.15. The summed E-state index contributed by atoms with van der Waals surface area (Å²) >= 11 is 1.64. The van der Waals surface area contributed by atoms with E-state index in [1.165, 1.54) is 0 Å². The second-order valence-electron chi connectivity index (χ2n) is 4.10. The fourth-order valence-corrected chi connectivity index (χ4v) is 2.72. The molecule has 0 bridgehead atoms. The van der Waals surface area contributed by atoms with E-state index >= 15 is 0 Å². The molecule has 5 heteroatoms. The molecular weight excluding hydrogens is 234 g/mol. The fourth-order valence-electron chi connectivity index (χ4n) is 2.01. The smallest absolute Gasteiger partial charge is 0.193 e. The van der Waals surface area contributed by atoms with Gasteiger partial charge in [0.15, 0.2) is 4.96 Å². The quantitative estimate of drug-likeness (QED) is 0.857. The molecule has 17 heavy (non-hydrogen) atoms. The zero-order chi connectivity index (χ0) is 12.3. The number of aromatic nitrogens is 2. The normalized spacial score (nSPS) is 15.2. The van der Waals surface area contributed by atoms with Crippen LogP contribution in [0.5, 0.6) is 0 Å². The Morgan fingerprint density at radius 2 is 2.35 bits per heavy atom. The summed E-state index contributed by atoms with van der Waals surface area (Å²) in [7, 11) is 0. The van der Waals surface area contributed by atoms with E-state index in [-0.39, 0.29) is 12.1 Å². The van der Waals surface area contributed by atoms with E-state index in [1.807, 2.05) is 29.1 Å². The zero-order valence-corrected chi connectivity index (χ0v) is 11.1. The van der Waals surface area contributed by atoms with Crippen molar-refractivity contribution in [2.75, 3.05) is 6.61 Å². The van der Waals surface area contributed by atoms with Crippen LogP contribution in [-0.4, -0.2) is 28.1 Å². The van der Waals surface area contributed by atoms with Crippen molar-refractivity contribution in [3.05, 3.63) is 23.5 Å². The first-order valence-electron chi connectivity index (χ1n) is 6.02. The van der Waals surface area contributed by atoms with Gasteiger partial charge in [-0.15, -0.1) is 11.3 Å². The first-order chi connectivity index (χ1) is 8.24. The summed E-state index contributed by atoms with van der Waals surface area (Å²) in [6.45, 7) is 4.82. The van der Waals surface area contributed by atoms with Crippen LogP contribution in [0.2, 0.25) is 0 Å². The third-order valence-electron chi connectivity index (χ3n) is 2.85. The summed E-state index contributed by atoms with van der Waals surface area (Å²) in [4.78, 5) is 5.56. The number of nitrogens with two attached hydrogens (primary N) is 1. The van der Waals surface area contributed by atoms with Gasteiger partial charge in [-0.25, -0.2) is 4.98 Å². The summed E-state index contributed by atoms with van der Waals surface area (Å²) in [6.07, 6.45) is 5.90. The number of rotatable bonds is 6. The van der Waals surface area contributed by atoms with Gasteiger partial charge in [-0.05, 0) is 13.3 Å². The van der Waals surface area contributed by atoms with Gasteiger partial charge >= 0.3 is 0 Å². The van der Waals surface area contributed by atoms with Crippen molar-refractivity contribution in [2.45, 2.75) is 38.8 Å². The molecule has 2 atom stereocenters. The molecule has 0 spiro atoms. The summed E-state index contributed by atoms with van der Waals surface area (Å²) < 4.78 is 7.66. The van der Waals surface area contributed by atoms with E-state index in [9.17, 15) is 0 Å². The first kappa shape index (κ1) is 12.5. The molecule has 2 aromatic heterocycles. The maximum atomic E-state index is 6.17. The van der Waals surface area contributed by atoms with Crippen molar-refractivity contribution in [1.82, 2.24) is 9.38 Å². The monoisotopic (exact) mass is 253 g/mol. The Morgan fingerprint density at radius 3 is 3.00 bits per heavy atom. The van der Waals surface area contributed by atoms with Gasteiger partial charge in [0, 0.05) is 36.8 Å². The minimum atomic E-state index is 0.0181. The highest BCUT2D eigenvalue weighted by Gasteiger charge is 2.18. The molecule has 2 N–H and O–H groups in total. The number of fused-ring (bicyclic) bond motifs is 1. The molecular formula is C12H19N3OS. The SMILES string of the molecule is CCOC(CC)C(N)Cc1cn2ccsc2n1. The van der Waals surface area contributed by atoms with Crippen LogP contribution in [0, 0.1) is 0 Å². The van der Waals surface area contributed by atoms with Gasteiger partial charge in [-0.2, -0.15) is 0 Å². The molecule has 0 aromatic carbocycles. The lowest BCUT2D eigenvalue weighted by Crippen LogP contribution is -2.38. The molecule has 0 fully saturated rings. The van der Waals surface area contributed by atoms with Crippen molar-refractivity contribution >= 4 is 16.3 Å². The minimum Gasteiger partial charge on any atom is -0.377 e. The average molecular weight is 253 g/mol. The number of imidazole rings is 1. The van der Waals surface area contributed by atoms with Crippen LogP contribution in [0.3, 0.4) is 0 Å². The van der Waals surface area contributed by atoms with Gasteiger partial charge in [-0.1, -0.05) is 6.92 Å². The molecule has 0 saturated heterocycles. The van der Waals surface area contributed by atoms with E-state index in [0.29, 0.717) is 6.61 Å². The molecule has 2 unspecified atom stereocenters. The third kappa shape index (κ3) is 2.86. The van der Waals surface area contributed by atoms with E-state index in [4.69, 9.17) is 10.5 Å². The van der Waals surface area contributed by atoms with Crippen molar-refractivity contribution in [1.29, 1.82) is 0 Å². The van der Waals surface area contributed by atoms with Crippen LogP contribution < -0.4 is 5.73 Å². The lowest BCUT2D eigenvalue weighted by molar-refractivity contribution is 0.0415. The van der Waals surface area contributed by atoms with Gasteiger partial charge in [0.25, 0.3) is 0 Å². The Bertz CT molecular complexity index is 436. The molecule has 0 aliphatic heterocycles. The number of ether oxygens (including phenoxy) is 1. The maximum absolute atomic E-state index is 6.17. The molecule has 0 radical (unpaired) electrons. The molecule has 2 aromatic rings. The summed E-state index contributed by atoms with van der Waals surface area (Å²) in [6, 6.07) is 0.0181. The van der Waals surface area contributed by atoms with Crippen LogP contribution >= 0.6 is 11.3 Å². The Labute approximate surface area is 105 Å². The molecule has 0 amide bonds. The van der Waals surface area contributed by atoms with Gasteiger partial charge in [0.05, 0.1) is 11.8 Å². The van der Waals surface area contributed by atoms with E-state index in [2.05, 4.69) is 11.9 Å². The minimum absolute atomic E-state index is 0.0181. The molecule has 94 valence electrons. The van der Waals surface area contributed by atoms with Gasteiger partial charge in [-0.3, -0.25) is 4.40 Å². The van der Waals surface area contributed by atoms with Crippen molar-refractivity contribution in [3.8, 4) is 0 Å². The predicted octanol–water partition coefficient (Wildman–Crippen LogP) is 2.08. The maximum Gasteiger partial charge on any atom is 0.193 e. The van der Waals surface area contributed by atoms with Crippen LogP contribution in [0.15, 0.2) is 17.8 Å². The summed E-state index contributed by atoms with van der Waals surface area (Å²) in [5.74, 6) is 0. The van der Waals surface area contributed by atoms with Crippen molar-refractivity contribution < 1.29 is 4.74 Å². The van der Waals surface area contributed by atoms with Gasteiger partial charge in [0.1, 0.15) is 0 Å². The second kappa shape index (κ2) is 5.62. The predicted molar refractivity (Wildman–Crippen MR) is 70.5 cm³/mol. The number of nitrogens with zero attached hydrogens (tertiary/aromatic N) is 2. The fraction of sp³-hybridized carbons (Fsp3) is 0.583. The molecule has 0 aliphatic rings. The standard InChI is InChI=1S/C12H19N3OS/c1-3-11(16-4-2)10(13)7-9-8-15-5-6-17-12(15)14-9/h5-6,8,10-11H,3-4,7,13H2,1-2H3. The molecule has 0 saturated carbocycles. The first-order valence-corrected chi connectivity index (χ1v) is 6.90. The number of hydrogen-bond donors (Lipinski definition) is 1. The van der Waals surface area contributed by atoms with Crippen LogP contribution in [0.25, 0.3) is 4.96 Å². The van der Waals surface area contributed by atoms with Crippen molar-refractivity contribution in [2.24, 2.45) is 5.73 Å². The van der Waals surface area contributed by atoms with Crippen molar-refractivity contribution in [3.63, 3.8) is 0 Å². The Morgan fingerprint density at radius 1 is 1.53 bits per heavy atom. The van der Waals surface area contributed by atoms with E-state index in [1.54, 1.807) is 11.3 Å². The highest BCUT2D eigenvalue weighted by molar-refractivity contribution is 7.15. The molecule has 2 heterocycles. The Balaban J connectivity index is 2.02. The summed E-state index contributed by atoms with van der Waals surface area (Å²) in [5, 5.41) is 2.03. The van der Waals surface area contributed by atoms with E-state index in [0.717, 1.165) is 23.5 Å². The topological polar surface area (TPSA) is 52.5 Å². The van der Waals surface area contributed by atoms with Crippen LogP contribution in [0.4, 0.5) is 0 Å². The Hall–Kier alpha value is -0.910. The van der Waals surface area contributed by atoms with Gasteiger partial charge in [0.2, 0.25) is 0 Å². The van der Waals surface area contributed by atoms with Gasteiger partial charge < -0.3 is 10.5 Å². The number of hydrogen-bond acceptors (Lipinski definition) is 4. The highest BCUT2D eigenvalue weighted by Crippen LogP contribution is 2.14. The summed E-state index contributed by atoms with van der Waals surface area (Å²) in [5.41, 5.74) is 7.21. The van der Waals surface area contributed by atoms with Crippen LogP contribution in [0.1, 0.15) is 26.0 Å². The van der Waals surface area contributed by atoms with Crippen LogP contribution in [-0.2, 0) is 11.2 Å². The average Bonchev–Trinajstić information content (AvgIpc) is 2.85. The highest BCUT2D eigenvalue weighted by atomic mass is 32.1. The molecule has 2 rings (SSSR count).